The first kappa shape index (κ1) is 24.1. The highest BCUT2D eigenvalue weighted by Gasteiger charge is 2.47. The number of hydrogen-bond donors (Lipinski definition) is 2. The summed E-state index contributed by atoms with van der Waals surface area (Å²) in [5.74, 6) is 0.0723. The van der Waals surface area contributed by atoms with Crippen LogP contribution in [0, 0.1) is 5.92 Å². The van der Waals surface area contributed by atoms with Crippen molar-refractivity contribution in [3.8, 4) is 0 Å². The second kappa shape index (κ2) is 10.4. The number of ether oxygens (including phenoxy) is 1. The lowest BCUT2D eigenvalue weighted by atomic mass is 9.84. The molecule has 2 N–H and O–H groups in total. The molecule has 2 aliphatic rings. The maximum atomic E-state index is 13.1. The molecule has 1 atom stereocenters. The Labute approximate surface area is 196 Å². The van der Waals surface area contributed by atoms with Gasteiger partial charge in [-0.05, 0) is 54.1 Å². The van der Waals surface area contributed by atoms with E-state index in [2.05, 4.69) is 22.8 Å². The van der Waals surface area contributed by atoms with Crippen LogP contribution in [0.25, 0.3) is 0 Å². The summed E-state index contributed by atoms with van der Waals surface area (Å²) in [6.07, 6.45) is 1.69. The lowest BCUT2D eigenvalue weighted by molar-refractivity contribution is -0.145. The van der Waals surface area contributed by atoms with Crippen molar-refractivity contribution in [3.05, 3.63) is 65.2 Å². The van der Waals surface area contributed by atoms with Gasteiger partial charge in [0, 0.05) is 25.2 Å². The van der Waals surface area contributed by atoms with Crippen LogP contribution >= 0.6 is 12.4 Å². The molecule has 0 radical (unpaired) electrons. The fourth-order valence-corrected chi connectivity index (χ4v) is 4.51. The summed E-state index contributed by atoms with van der Waals surface area (Å²) in [6, 6.07) is 16.1. The average molecular weight is 458 g/mol. The first-order chi connectivity index (χ1) is 15.0. The molecule has 172 valence electrons. The number of fused-ring (bicyclic) bond motifs is 1. The zero-order valence-corrected chi connectivity index (χ0v) is 19.5. The number of carbonyl (C=O) groups excluding carboxylic acids is 2. The first-order valence-corrected chi connectivity index (χ1v) is 11.1. The molecule has 2 amide bonds. The van der Waals surface area contributed by atoms with Crippen LogP contribution in [-0.4, -0.2) is 31.7 Å². The summed E-state index contributed by atoms with van der Waals surface area (Å²) in [4.78, 5) is 27.4. The molecule has 2 aliphatic heterocycles. The number of rotatable bonds is 7. The predicted octanol–water partition coefficient (Wildman–Crippen LogP) is 4.16. The van der Waals surface area contributed by atoms with Crippen molar-refractivity contribution in [1.82, 2.24) is 10.6 Å². The minimum absolute atomic E-state index is 0. The number of nitrogens with one attached hydrogen (secondary N) is 2. The zero-order chi connectivity index (χ0) is 21.8. The van der Waals surface area contributed by atoms with E-state index in [0.717, 1.165) is 30.8 Å². The minimum Gasteiger partial charge on any atom is -0.465 e. The van der Waals surface area contributed by atoms with Crippen molar-refractivity contribution in [2.24, 2.45) is 5.92 Å². The lowest BCUT2D eigenvalue weighted by Crippen LogP contribution is -2.45. The Hall–Kier alpha value is -2.57. The van der Waals surface area contributed by atoms with Gasteiger partial charge in [-0.25, -0.2) is 4.79 Å². The fraction of sp³-hybridized carbons (Fsp3) is 0.440. The maximum absolute atomic E-state index is 13.1. The van der Waals surface area contributed by atoms with Crippen LogP contribution < -0.4 is 15.5 Å². The Bertz CT molecular complexity index is 951. The van der Waals surface area contributed by atoms with E-state index in [1.165, 1.54) is 11.1 Å². The Morgan fingerprint density at radius 2 is 1.94 bits per heavy atom. The molecular formula is C25H32ClN3O3. The third-order valence-corrected chi connectivity index (χ3v) is 6.13. The molecule has 0 spiro atoms. The zero-order valence-electron chi connectivity index (χ0n) is 18.7. The highest BCUT2D eigenvalue weighted by atomic mass is 35.5. The summed E-state index contributed by atoms with van der Waals surface area (Å²) >= 11 is 0. The third kappa shape index (κ3) is 4.92. The van der Waals surface area contributed by atoms with E-state index >= 15 is 0 Å². The molecule has 0 aliphatic carbocycles. The van der Waals surface area contributed by atoms with Crippen molar-refractivity contribution < 1.29 is 14.3 Å². The average Bonchev–Trinajstić information content (AvgIpc) is 3.13. The van der Waals surface area contributed by atoms with Gasteiger partial charge >= 0.3 is 12.0 Å². The summed E-state index contributed by atoms with van der Waals surface area (Å²) in [5, 5.41) is 6.42. The van der Waals surface area contributed by atoms with E-state index in [1.807, 2.05) is 55.1 Å². The molecular weight excluding hydrogens is 426 g/mol. The van der Waals surface area contributed by atoms with E-state index in [0.29, 0.717) is 25.5 Å². The van der Waals surface area contributed by atoms with Gasteiger partial charge in [-0.3, -0.25) is 9.69 Å². The Morgan fingerprint density at radius 1 is 1.16 bits per heavy atom. The van der Waals surface area contributed by atoms with Crippen LogP contribution in [0.2, 0.25) is 0 Å². The SMILES string of the molecule is CC(C)COC(=O)CCC1(c2ccccc2)CNC(=O)N1c1ccc2c(c1)CCNC2.Cl. The van der Waals surface area contributed by atoms with Crippen molar-refractivity contribution in [2.45, 2.75) is 45.2 Å². The molecule has 1 saturated heterocycles. The molecule has 0 saturated carbocycles. The molecule has 7 heteroatoms. The molecule has 0 bridgehead atoms. The van der Waals surface area contributed by atoms with E-state index in [1.54, 1.807) is 0 Å². The first-order valence-electron chi connectivity index (χ1n) is 11.1. The van der Waals surface area contributed by atoms with Crippen LogP contribution in [0.15, 0.2) is 48.5 Å². The summed E-state index contributed by atoms with van der Waals surface area (Å²) < 4.78 is 5.42. The van der Waals surface area contributed by atoms with Crippen LogP contribution in [0.4, 0.5) is 10.5 Å². The fourth-order valence-electron chi connectivity index (χ4n) is 4.51. The molecule has 32 heavy (non-hydrogen) atoms. The molecule has 1 fully saturated rings. The molecule has 2 heterocycles. The van der Waals surface area contributed by atoms with Crippen LogP contribution in [-0.2, 0) is 28.0 Å². The number of benzene rings is 2. The Balaban J connectivity index is 0.00000289. The summed E-state index contributed by atoms with van der Waals surface area (Å²) in [5.41, 5.74) is 3.79. The molecule has 2 aromatic carbocycles. The van der Waals surface area contributed by atoms with Gasteiger partial charge in [-0.1, -0.05) is 50.2 Å². The molecule has 2 aromatic rings. The van der Waals surface area contributed by atoms with Gasteiger partial charge in [0.1, 0.15) is 0 Å². The van der Waals surface area contributed by atoms with Gasteiger partial charge in [0.25, 0.3) is 0 Å². The number of urea groups is 1. The van der Waals surface area contributed by atoms with Crippen molar-refractivity contribution >= 4 is 30.1 Å². The number of nitrogens with zero attached hydrogens (tertiary/aromatic N) is 1. The summed E-state index contributed by atoms with van der Waals surface area (Å²) in [7, 11) is 0. The van der Waals surface area contributed by atoms with Gasteiger partial charge in [0.05, 0.1) is 12.1 Å². The number of esters is 1. The monoisotopic (exact) mass is 457 g/mol. The van der Waals surface area contributed by atoms with Gasteiger partial charge in [-0.15, -0.1) is 12.4 Å². The number of carbonyl (C=O) groups is 2. The van der Waals surface area contributed by atoms with Gasteiger partial charge in [0.15, 0.2) is 0 Å². The molecule has 6 nitrogen and oxygen atoms in total. The third-order valence-electron chi connectivity index (χ3n) is 6.13. The quantitative estimate of drug-likeness (QED) is 0.612. The van der Waals surface area contributed by atoms with Gasteiger partial charge in [0.2, 0.25) is 0 Å². The standard InChI is InChI=1S/C25H31N3O3.ClH/c1-18(2)16-31-23(29)10-12-25(21-6-4-3-5-7-21)17-27-24(30)28(25)22-9-8-20-15-26-13-11-19(20)14-22;/h3-9,14,18,26H,10-13,15-17H2,1-2H3,(H,27,30);1H. The van der Waals surface area contributed by atoms with E-state index in [4.69, 9.17) is 4.74 Å². The lowest BCUT2D eigenvalue weighted by Gasteiger charge is -2.38. The number of hydrogen-bond acceptors (Lipinski definition) is 4. The Morgan fingerprint density at radius 3 is 2.69 bits per heavy atom. The normalized spacial score (nSPS) is 19.8. The minimum atomic E-state index is -0.643. The number of amides is 2. The molecule has 4 rings (SSSR count). The van der Waals surface area contributed by atoms with Crippen LogP contribution in [0.1, 0.15) is 43.4 Å². The highest BCUT2D eigenvalue weighted by Crippen LogP contribution is 2.41. The second-order valence-corrected chi connectivity index (χ2v) is 8.85. The predicted molar refractivity (Wildman–Crippen MR) is 128 cm³/mol. The van der Waals surface area contributed by atoms with E-state index in [9.17, 15) is 9.59 Å². The van der Waals surface area contributed by atoms with Crippen LogP contribution in [0.5, 0.6) is 0 Å². The van der Waals surface area contributed by atoms with Crippen molar-refractivity contribution in [1.29, 1.82) is 0 Å². The second-order valence-electron chi connectivity index (χ2n) is 8.85. The van der Waals surface area contributed by atoms with Crippen LogP contribution in [0.3, 0.4) is 0 Å². The van der Waals surface area contributed by atoms with Crippen molar-refractivity contribution in [2.75, 3.05) is 24.6 Å². The largest absolute Gasteiger partial charge is 0.465 e. The molecule has 1 unspecified atom stereocenters. The topological polar surface area (TPSA) is 70.7 Å². The highest BCUT2D eigenvalue weighted by molar-refractivity contribution is 5.96. The summed E-state index contributed by atoms with van der Waals surface area (Å²) in [6.45, 7) is 6.70. The van der Waals surface area contributed by atoms with E-state index < -0.39 is 5.54 Å². The number of halogens is 1. The van der Waals surface area contributed by atoms with Gasteiger partial charge < -0.3 is 15.4 Å². The van der Waals surface area contributed by atoms with Gasteiger partial charge in [-0.2, -0.15) is 0 Å². The smallest absolute Gasteiger partial charge is 0.322 e. The molecule has 0 aromatic heterocycles. The Kier molecular flexibility index (Phi) is 7.80. The van der Waals surface area contributed by atoms with E-state index in [-0.39, 0.29) is 30.8 Å². The maximum Gasteiger partial charge on any atom is 0.322 e. The number of anilines is 1. The van der Waals surface area contributed by atoms with Crippen molar-refractivity contribution in [3.63, 3.8) is 0 Å².